The van der Waals surface area contributed by atoms with Gasteiger partial charge in [-0.2, -0.15) is 0 Å². The second kappa shape index (κ2) is 8.83. The van der Waals surface area contributed by atoms with Crippen molar-refractivity contribution in [3.63, 3.8) is 0 Å². The van der Waals surface area contributed by atoms with Crippen LogP contribution >= 0.6 is 15.9 Å². The van der Waals surface area contributed by atoms with E-state index in [0.717, 1.165) is 21.4 Å². The number of carbonyl (C=O) groups is 2. The number of H-pyrrole nitrogens is 1. The molecule has 2 N–H and O–H groups in total. The van der Waals surface area contributed by atoms with E-state index in [-0.39, 0.29) is 17.9 Å². The zero-order valence-corrected chi connectivity index (χ0v) is 18.2. The second-order valence-corrected chi connectivity index (χ2v) is 8.24. The normalized spacial score (nSPS) is 17.2. The van der Waals surface area contributed by atoms with E-state index in [1.165, 1.54) is 0 Å². The highest BCUT2D eigenvalue weighted by molar-refractivity contribution is 9.10. The summed E-state index contributed by atoms with van der Waals surface area (Å²) in [5, 5.41) is 3.01. The molecule has 1 saturated heterocycles. The Labute approximate surface area is 183 Å². The van der Waals surface area contributed by atoms with Crippen LogP contribution < -0.4 is 10.2 Å². The topological polar surface area (TPSA) is 78.1 Å². The number of amides is 2. The lowest BCUT2D eigenvalue weighted by molar-refractivity contribution is -0.132. The number of carbonyl (C=O) groups excluding carboxylic acids is 2. The molecule has 6 nitrogen and oxygen atoms in total. The molecule has 0 radical (unpaired) electrons. The van der Waals surface area contributed by atoms with E-state index in [1.54, 1.807) is 11.1 Å². The van der Waals surface area contributed by atoms with Crippen molar-refractivity contribution < 1.29 is 9.59 Å². The molecule has 154 valence electrons. The molecule has 0 spiro atoms. The lowest BCUT2D eigenvalue weighted by atomic mass is 10.1. The fourth-order valence-corrected chi connectivity index (χ4v) is 4.12. The Morgan fingerprint density at radius 1 is 1.27 bits per heavy atom. The third-order valence-electron chi connectivity index (χ3n) is 5.38. The quantitative estimate of drug-likeness (QED) is 0.526. The van der Waals surface area contributed by atoms with Crippen molar-refractivity contribution in [3.05, 3.63) is 71.1 Å². The van der Waals surface area contributed by atoms with Crippen molar-refractivity contribution in [2.24, 2.45) is 5.92 Å². The molecule has 7 heteroatoms. The number of hydrogen-bond acceptors (Lipinski definition) is 3. The van der Waals surface area contributed by atoms with E-state index in [4.69, 9.17) is 0 Å². The van der Waals surface area contributed by atoms with Crippen molar-refractivity contribution in [3.8, 4) is 11.3 Å². The number of halogens is 1. The van der Waals surface area contributed by atoms with E-state index in [0.29, 0.717) is 25.2 Å². The Kier molecular flexibility index (Phi) is 5.99. The predicted molar refractivity (Wildman–Crippen MR) is 120 cm³/mol. The van der Waals surface area contributed by atoms with E-state index < -0.39 is 5.92 Å². The van der Waals surface area contributed by atoms with E-state index in [2.05, 4.69) is 31.2 Å². The fraction of sp³-hybridized carbons (Fsp3) is 0.261. The number of anilines is 1. The standard InChI is InChI=1S/C23H23BrN4O2/c1-2-19(21-25-14-20(26-21)15-7-4-3-5-8-15)27-22(29)18-11-12-28(23(18)30)17-10-6-9-16(24)13-17/h3-10,13-14,18-19H,2,11-12H2,1H3,(H,25,26)(H,27,29). The van der Waals surface area contributed by atoms with Crippen LogP contribution in [0.5, 0.6) is 0 Å². The minimum Gasteiger partial charge on any atom is -0.345 e. The summed E-state index contributed by atoms with van der Waals surface area (Å²) in [5.41, 5.74) is 2.74. The summed E-state index contributed by atoms with van der Waals surface area (Å²) in [4.78, 5) is 35.2. The minimum absolute atomic E-state index is 0.162. The third-order valence-corrected chi connectivity index (χ3v) is 5.87. The summed E-state index contributed by atoms with van der Waals surface area (Å²) in [6.45, 7) is 2.52. The van der Waals surface area contributed by atoms with E-state index in [9.17, 15) is 9.59 Å². The van der Waals surface area contributed by atoms with E-state index in [1.807, 2.05) is 61.5 Å². The Bertz CT molecular complexity index is 1050. The zero-order chi connectivity index (χ0) is 21.1. The highest BCUT2D eigenvalue weighted by atomic mass is 79.9. The number of aromatic nitrogens is 2. The molecule has 1 fully saturated rings. The van der Waals surface area contributed by atoms with Gasteiger partial charge in [-0.05, 0) is 36.6 Å². The van der Waals surface area contributed by atoms with Gasteiger partial charge in [-0.1, -0.05) is 59.3 Å². The first kappa shape index (κ1) is 20.3. The molecule has 2 unspecified atom stereocenters. The van der Waals surface area contributed by atoms with Crippen molar-refractivity contribution in [1.29, 1.82) is 0 Å². The molecule has 0 aliphatic carbocycles. The monoisotopic (exact) mass is 466 g/mol. The SMILES string of the molecule is CCC(NC(=O)C1CCN(c2cccc(Br)c2)C1=O)c1ncc(-c2ccccc2)[nH]1. The Morgan fingerprint density at radius 2 is 2.07 bits per heavy atom. The van der Waals surface area contributed by atoms with Gasteiger partial charge in [0.25, 0.3) is 0 Å². The Balaban J connectivity index is 1.45. The largest absolute Gasteiger partial charge is 0.345 e. The van der Waals surface area contributed by atoms with Crippen LogP contribution in [0.15, 0.2) is 65.3 Å². The molecule has 2 amide bonds. The number of aromatic amines is 1. The van der Waals surface area contributed by atoms with Crippen LogP contribution in [-0.2, 0) is 9.59 Å². The summed E-state index contributed by atoms with van der Waals surface area (Å²) in [5.74, 6) is -0.396. The third kappa shape index (κ3) is 4.16. The highest BCUT2D eigenvalue weighted by Crippen LogP contribution is 2.28. The first-order valence-corrected chi connectivity index (χ1v) is 10.8. The number of nitrogens with one attached hydrogen (secondary N) is 2. The molecule has 0 bridgehead atoms. The Hall–Kier alpha value is -2.93. The van der Waals surface area contributed by atoms with Gasteiger partial charge in [-0.25, -0.2) is 4.98 Å². The molecule has 0 saturated carbocycles. The zero-order valence-electron chi connectivity index (χ0n) is 16.6. The van der Waals surface area contributed by atoms with Crippen LogP contribution in [0.25, 0.3) is 11.3 Å². The minimum atomic E-state index is -0.679. The number of rotatable bonds is 6. The molecular formula is C23H23BrN4O2. The van der Waals surface area contributed by atoms with Gasteiger partial charge in [-0.15, -0.1) is 0 Å². The van der Waals surface area contributed by atoms with Gasteiger partial charge >= 0.3 is 0 Å². The summed E-state index contributed by atoms with van der Waals surface area (Å²) in [7, 11) is 0. The lowest BCUT2D eigenvalue weighted by Crippen LogP contribution is -2.38. The predicted octanol–water partition coefficient (Wildman–Crippen LogP) is 4.46. The fourth-order valence-electron chi connectivity index (χ4n) is 3.74. The average molecular weight is 467 g/mol. The van der Waals surface area contributed by atoms with Gasteiger partial charge in [0, 0.05) is 16.7 Å². The van der Waals surface area contributed by atoms with Gasteiger partial charge in [0.2, 0.25) is 11.8 Å². The Morgan fingerprint density at radius 3 is 2.80 bits per heavy atom. The molecular weight excluding hydrogens is 444 g/mol. The molecule has 30 heavy (non-hydrogen) atoms. The van der Waals surface area contributed by atoms with Crippen molar-refractivity contribution in [1.82, 2.24) is 15.3 Å². The van der Waals surface area contributed by atoms with Crippen LogP contribution in [0.4, 0.5) is 5.69 Å². The summed E-state index contributed by atoms with van der Waals surface area (Å²) in [6.07, 6.45) is 2.94. The molecule has 1 aliphatic rings. The number of benzene rings is 2. The maximum absolute atomic E-state index is 12.9. The smallest absolute Gasteiger partial charge is 0.239 e. The average Bonchev–Trinajstić information content (AvgIpc) is 3.40. The van der Waals surface area contributed by atoms with E-state index >= 15 is 0 Å². The van der Waals surface area contributed by atoms with Crippen LogP contribution in [0.3, 0.4) is 0 Å². The molecule has 3 aromatic rings. The van der Waals surface area contributed by atoms with Gasteiger partial charge in [-0.3, -0.25) is 9.59 Å². The van der Waals surface area contributed by atoms with Crippen LogP contribution in [0.1, 0.15) is 31.6 Å². The number of hydrogen-bond donors (Lipinski definition) is 2. The summed E-state index contributed by atoms with van der Waals surface area (Å²) >= 11 is 3.43. The molecule has 1 aliphatic heterocycles. The lowest BCUT2D eigenvalue weighted by Gasteiger charge is -2.19. The molecule has 2 heterocycles. The van der Waals surface area contributed by atoms with Crippen LogP contribution in [0.2, 0.25) is 0 Å². The van der Waals surface area contributed by atoms with Crippen molar-refractivity contribution in [2.75, 3.05) is 11.4 Å². The number of nitrogens with zero attached hydrogens (tertiary/aromatic N) is 2. The molecule has 4 rings (SSSR count). The number of imidazole rings is 1. The van der Waals surface area contributed by atoms with Crippen molar-refractivity contribution in [2.45, 2.75) is 25.8 Å². The van der Waals surface area contributed by atoms with Gasteiger partial charge in [0.15, 0.2) is 0 Å². The second-order valence-electron chi connectivity index (χ2n) is 7.33. The molecule has 1 aromatic heterocycles. The summed E-state index contributed by atoms with van der Waals surface area (Å²) < 4.78 is 0.902. The van der Waals surface area contributed by atoms with Gasteiger partial charge < -0.3 is 15.2 Å². The highest BCUT2D eigenvalue weighted by Gasteiger charge is 2.38. The maximum Gasteiger partial charge on any atom is 0.239 e. The summed E-state index contributed by atoms with van der Waals surface area (Å²) in [6, 6.07) is 17.2. The van der Waals surface area contributed by atoms with Gasteiger partial charge in [0.05, 0.1) is 17.9 Å². The van der Waals surface area contributed by atoms with Crippen LogP contribution in [0, 0.1) is 5.92 Å². The molecule has 2 aromatic carbocycles. The van der Waals surface area contributed by atoms with Crippen molar-refractivity contribution >= 4 is 33.4 Å². The first-order chi connectivity index (χ1) is 14.6. The van der Waals surface area contributed by atoms with Crippen LogP contribution in [-0.4, -0.2) is 28.3 Å². The van der Waals surface area contributed by atoms with Gasteiger partial charge in [0.1, 0.15) is 11.7 Å². The maximum atomic E-state index is 12.9. The molecule has 2 atom stereocenters. The first-order valence-electron chi connectivity index (χ1n) is 10.0.